The molecule has 0 amide bonds. The highest BCUT2D eigenvalue weighted by atomic mass is 79.9. The van der Waals surface area contributed by atoms with Crippen LogP contribution in [0.2, 0.25) is 5.02 Å². The molecule has 2 atom stereocenters. The third-order valence-corrected chi connectivity index (χ3v) is 5.12. The second kappa shape index (κ2) is 7.95. The third-order valence-electron chi connectivity index (χ3n) is 4.34. The van der Waals surface area contributed by atoms with Crippen molar-refractivity contribution in [2.45, 2.75) is 25.3 Å². The molecule has 0 aliphatic carbocycles. The van der Waals surface area contributed by atoms with Gasteiger partial charge in [0.15, 0.2) is 5.78 Å². The van der Waals surface area contributed by atoms with Crippen molar-refractivity contribution in [1.29, 1.82) is 5.26 Å². The predicted molar refractivity (Wildman–Crippen MR) is 103 cm³/mol. The number of ketones is 1. The Kier molecular flexibility index (Phi) is 5.67. The highest BCUT2D eigenvalue weighted by Crippen LogP contribution is 2.31. The molecule has 0 saturated heterocycles. The summed E-state index contributed by atoms with van der Waals surface area (Å²) >= 11 is 9.31. The van der Waals surface area contributed by atoms with Crippen LogP contribution in [0.5, 0.6) is 0 Å². The Bertz CT molecular complexity index is 837. The monoisotopic (exact) mass is 414 g/mol. The Balaban J connectivity index is 1.86. The molecule has 0 spiro atoms. The van der Waals surface area contributed by atoms with Crippen LogP contribution in [-0.2, 0) is 0 Å². The van der Waals surface area contributed by atoms with Crippen molar-refractivity contribution in [3.05, 3.63) is 69.2 Å². The normalized spacial score (nSPS) is 18.1. The fourth-order valence-electron chi connectivity index (χ4n) is 3.02. The molecule has 0 aromatic heterocycles. The van der Waals surface area contributed by atoms with E-state index < -0.39 is 5.92 Å². The minimum Gasteiger partial charge on any atom is -0.292 e. The zero-order chi connectivity index (χ0) is 17.8. The maximum atomic E-state index is 12.7. The molecule has 0 fully saturated rings. The summed E-state index contributed by atoms with van der Waals surface area (Å²) in [6.45, 7) is 0. The quantitative estimate of drug-likeness (QED) is 0.593. The number of halogens is 2. The summed E-state index contributed by atoms with van der Waals surface area (Å²) in [5.74, 6) is -1.05. The molecule has 1 heterocycles. The number of nitriles is 1. The molecule has 25 heavy (non-hydrogen) atoms. The SMILES string of the molecule is N#CC(C(=O)c1ccc(Cl)cc1)C1=NC(c2ccc(Br)cc2)CCC1. The van der Waals surface area contributed by atoms with Crippen LogP contribution < -0.4 is 0 Å². The van der Waals surface area contributed by atoms with Crippen LogP contribution in [0.1, 0.15) is 41.2 Å². The van der Waals surface area contributed by atoms with E-state index in [1.807, 2.05) is 24.3 Å². The van der Waals surface area contributed by atoms with E-state index in [2.05, 4.69) is 22.0 Å². The number of rotatable bonds is 4. The van der Waals surface area contributed by atoms with Crippen molar-refractivity contribution in [3.8, 4) is 6.07 Å². The Hall–Kier alpha value is -1.96. The molecular formula is C20H16BrClN2O. The molecular weight excluding hydrogens is 400 g/mol. The predicted octanol–water partition coefficient (Wildman–Crippen LogP) is 5.79. The van der Waals surface area contributed by atoms with Crippen LogP contribution in [0.15, 0.2) is 58.0 Å². The van der Waals surface area contributed by atoms with Gasteiger partial charge in [0.2, 0.25) is 0 Å². The second-order valence-corrected chi connectivity index (χ2v) is 7.37. The lowest BCUT2D eigenvalue weighted by molar-refractivity contribution is 0.0974. The third kappa shape index (κ3) is 4.18. The minimum absolute atomic E-state index is 0.00529. The molecule has 2 aromatic rings. The standard InChI is InChI=1S/C20H16BrClN2O/c21-15-8-4-13(5-9-15)18-2-1-3-19(24-18)17(12-23)20(25)14-6-10-16(22)11-7-14/h4-11,17-18H,1-3H2. The smallest absolute Gasteiger partial charge is 0.185 e. The molecule has 1 aliphatic rings. The Labute approximate surface area is 160 Å². The first-order valence-electron chi connectivity index (χ1n) is 8.10. The van der Waals surface area contributed by atoms with E-state index >= 15 is 0 Å². The fourth-order valence-corrected chi connectivity index (χ4v) is 3.41. The van der Waals surface area contributed by atoms with Crippen molar-refractivity contribution in [3.63, 3.8) is 0 Å². The van der Waals surface area contributed by atoms with Gasteiger partial charge >= 0.3 is 0 Å². The number of hydrogen-bond acceptors (Lipinski definition) is 3. The molecule has 0 N–H and O–H groups in total. The summed E-state index contributed by atoms with van der Waals surface area (Å²) in [5, 5.41) is 10.1. The van der Waals surface area contributed by atoms with E-state index in [1.165, 1.54) is 0 Å². The van der Waals surface area contributed by atoms with Crippen molar-refractivity contribution >= 4 is 39.0 Å². The highest BCUT2D eigenvalue weighted by molar-refractivity contribution is 9.10. The Morgan fingerprint density at radius 2 is 1.88 bits per heavy atom. The van der Waals surface area contributed by atoms with Crippen LogP contribution in [-0.4, -0.2) is 11.5 Å². The molecule has 0 bridgehead atoms. The van der Waals surface area contributed by atoms with E-state index in [1.54, 1.807) is 24.3 Å². The van der Waals surface area contributed by atoms with Gasteiger partial charge in [0, 0.05) is 20.8 Å². The number of carbonyl (C=O) groups is 1. The van der Waals surface area contributed by atoms with Gasteiger partial charge in [-0.25, -0.2) is 0 Å². The fraction of sp³-hybridized carbons (Fsp3) is 0.250. The molecule has 2 unspecified atom stereocenters. The Morgan fingerprint density at radius 3 is 2.52 bits per heavy atom. The molecule has 0 saturated carbocycles. The molecule has 5 heteroatoms. The zero-order valence-electron chi connectivity index (χ0n) is 13.5. The number of benzene rings is 2. The van der Waals surface area contributed by atoms with E-state index in [0.29, 0.717) is 22.7 Å². The first-order chi connectivity index (χ1) is 12.1. The number of carbonyl (C=O) groups excluding carboxylic acids is 1. The lowest BCUT2D eigenvalue weighted by Gasteiger charge is -2.23. The zero-order valence-corrected chi connectivity index (χ0v) is 15.8. The summed E-state index contributed by atoms with van der Waals surface area (Å²) in [5.41, 5.74) is 2.28. The van der Waals surface area contributed by atoms with E-state index in [-0.39, 0.29) is 11.8 Å². The van der Waals surface area contributed by atoms with Crippen LogP contribution >= 0.6 is 27.5 Å². The molecule has 0 radical (unpaired) electrons. The van der Waals surface area contributed by atoms with Gasteiger partial charge < -0.3 is 0 Å². The number of nitrogens with zero attached hydrogens (tertiary/aromatic N) is 2. The summed E-state index contributed by atoms with van der Waals surface area (Å²) < 4.78 is 1.02. The Morgan fingerprint density at radius 1 is 1.20 bits per heavy atom. The minimum atomic E-state index is -0.834. The van der Waals surface area contributed by atoms with E-state index in [4.69, 9.17) is 16.6 Å². The summed E-state index contributed by atoms with van der Waals surface area (Å²) in [6.07, 6.45) is 2.54. The largest absolute Gasteiger partial charge is 0.292 e. The second-order valence-electron chi connectivity index (χ2n) is 6.01. The maximum absolute atomic E-state index is 12.7. The van der Waals surface area contributed by atoms with Gasteiger partial charge in [-0.1, -0.05) is 39.7 Å². The van der Waals surface area contributed by atoms with E-state index in [9.17, 15) is 10.1 Å². The topological polar surface area (TPSA) is 53.2 Å². The summed E-state index contributed by atoms with van der Waals surface area (Å²) in [6, 6.07) is 16.8. The summed E-state index contributed by atoms with van der Waals surface area (Å²) in [4.78, 5) is 17.5. The van der Waals surface area contributed by atoms with Gasteiger partial charge in [-0.05, 0) is 61.2 Å². The number of aliphatic imine (C=N–C) groups is 1. The van der Waals surface area contributed by atoms with Gasteiger partial charge in [0.25, 0.3) is 0 Å². The number of hydrogen-bond donors (Lipinski definition) is 0. The van der Waals surface area contributed by atoms with Crippen LogP contribution in [0.3, 0.4) is 0 Å². The van der Waals surface area contributed by atoms with E-state index in [0.717, 1.165) is 22.9 Å². The number of Topliss-reactive ketones (excluding diaryl/α,β-unsaturated/α-hetero) is 1. The van der Waals surface area contributed by atoms with Crippen LogP contribution in [0.4, 0.5) is 0 Å². The maximum Gasteiger partial charge on any atom is 0.185 e. The lowest BCUT2D eigenvalue weighted by atomic mass is 9.87. The lowest BCUT2D eigenvalue weighted by Crippen LogP contribution is -2.25. The molecule has 1 aliphatic heterocycles. The average Bonchev–Trinajstić information content (AvgIpc) is 2.64. The molecule has 2 aromatic carbocycles. The van der Waals surface area contributed by atoms with Gasteiger partial charge in [-0.2, -0.15) is 5.26 Å². The molecule has 3 rings (SSSR count). The molecule has 3 nitrogen and oxygen atoms in total. The van der Waals surface area contributed by atoms with Crippen molar-refractivity contribution < 1.29 is 4.79 Å². The van der Waals surface area contributed by atoms with Gasteiger partial charge in [0.1, 0.15) is 5.92 Å². The highest BCUT2D eigenvalue weighted by Gasteiger charge is 2.28. The van der Waals surface area contributed by atoms with Crippen LogP contribution in [0, 0.1) is 17.2 Å². The van der Waals surface area contributed by atoms with Gasteiger partial charge in [-0.15, -0.1) is 0 Å². The van der Waals surface area contributed by atoms with Gasteiger partial charge in [0.05, 0.1) is 12.1 Å². The first kappa shape index (κ1) is 17.8. The first-order valence-corrected chi connectivity index (χ1v) is 9.27. The van der Waals surface area contributed by atoms with Crippen molar-refractivity contribution in [1.82, 2.24) is 0 Å². The van der Waals surface area contributed by atoms with Gasteiger partial charge in [-0.3, -0.25) is 9.79 Å². The van der Waals surface area contributed by atoms with Crippen molar-refractivity contribution in [2.75, 3.05) is 0 Å². The van der Waals surface area contributed by atoms with Crippen LogP contribution in [0.25, 0.3) is 0 Å². The molecule has 126 valence electrons. The average molecular weight is 416 g/mol. The van der Waals surface area contributed by atoms with Crippen molar-refractivity contribution in [2.24, 2.45) is 10.9 Å². The summed E-state index contributed by atoms with van der Waals surface area (Å²) in [7, 11) is 0.